The van der Waals surface area contributed by atoms with Crippen molar-refractivity contribution in [2.75, 3.05) is 6.61 Å². The van der Waals surface area contributed by atoms with Crippen molar-refractivity contribution in [3.63, 3.8) is 0 Å². The van der Waals surface area contributed by atoms with Gasteiger partial charge < -0.3 is 10.1 Å². The minimum absolute atomic E-state index is 0.0543. The van der Waals surface area contributed by atoms with Crippen molar-refractivity contribution in [2.45, 2.75) is 43.4 Å². The van der Waals surface area contributed by atoms with Crippen LogP contribution in [0.5, 0.6) is 5.75 Å². The van der Waals surface area contributed by atoms with Crippen LogP contribution in [0.1, 0.15) is 41.8 Å². The zero-order valence-corrected chi connectivity index (χ0v) is 19.5. The first kappa shape index (κ1) is 23.2. The molecule has 0 aliphatic rings. The maximum Gasteiger partial charge on any atom is 0.251 e. The van der Waals surface area contributed by atoms with Crippen LogP contribution in [0.2, 0.25) is 5.02 Å². The lowest BCUT2D eigenvalue weighted by molar-refractivity contribution is 0.0938. The van der Waals surface area contributed by atoms with Gasteiger partial charge in [-0.2, -0.15) is 0 Å². The number of thioether (sulfide) groups is 1. The molecule has 0 saturated heterocycles. The Morgan fingerprint density at radius 3 is 2.52 bits per heavy atom. The Morgan fingerprint density at radius 1 is 1.06 bits per heavy atom. The van der Waals surface area contributed by atoms with E-state index in [0.717, 1.165) is 34.1 Å². The molecule has 0 fully saturated rings. The first-order valence-corrected chi connectivity index (χ1v) is 11.9. The van der Waals surface area contributed by atoms with Crippen molar-refractivity contribution in [3.05, 3.63) is 94.5 Å². The van der Waals surface area contributed by atoms with Crippen LogP contribution >= 0.6 is 23.4 Å². The van der Waals surface area contributed by atoms with Crippen LogP contribution in [0.25, 0.3) is 0 Å². The smallest absolute Gasteiger partial charge is 0.251 e. The zero-order chi connectivity index (χ0) is 22.1. The van der Waals surface area contributed by atoms with Gasteiger partial charge in [-0.25, -0.2) is 0 Å². The maximum absolute atomic E-state index is 12.8. The molecule has 0 aromatic heterocycles. The summed E-state index contributed by atoms with van der Waals surface area (Å²) >= 11 is 7.67. The quantitative estimate of drug-likeness (QED) is 0.344. The van der Waals surface area contributed by atoms with E-state index >= 15 is 0 Å². The van der Waals surface area contributed by atoms with Gasteiger partial charge in [0.25, 0.3) is 5.91 Å². The van der Waals surface area contributed by atoms with Gasteiger partial charge in [-0.05, 0) is 74.7 Å². The molecule has 31 heavy (non-hydrogen) atoms. The molecular formula is C26H28ClNO2S. The van der Waals surface area contributed by atoms with E-state index in [-0.39, 0.29) is 11.9 Å². The van der Waals surface area contributed by atoms with Crippen LogP contribution in [-0.4, -0.2) is 18.6 Å². The summed E-state index contributed by atoms with van der Waals surface area (Å²) in [6.45, 7) is 4.60. The van der Waals surface area contributed by atoms with Crippen molar-refractivity contribution in [2.24, 2.45) is 0 Å². The molecule has 0 saturated carbocycles. The van der Waals surface area contributed by atoms with E-state index in [9.17, 15) is 4.79 Å². The highest BCUT2D eigenvalue weighted by Crippen LogP contribution is 2.30. The highest BCUT2D eigenvalue weighted by molar-refractivity contribution is 7.98. The summed E-state index contributed by atoms with van der Waals surface area (Å²) in [4.78, 5) is 13.9. The molecule has 3 aromatic carbocycles. The number of ether oxygens (including phenoxy) is 1. The average molecular weight is 454 g/mol. The van der Waals surface area contributed by atoms with Gasteiger partial charge in [0.1, 0.15) is 5.75 Å². The fourth-order valence-corrected chi connectivity index (χ4v) is 4.23. The highest BCUT2D eigenvalue weighted by atomic mass is 35.5. The number of nitrogens with one attached hydrogen (secondary N) is 1. The topological polar surface area (TPSA) is 38.3 Å². The van der Waals surface area contributed by atoms with E-state index in [2.05, 4.69) is 17.4 Å². The summed E-state index contributed by atoms with van der Waals surface area (Å²) < 4.78 is 5.78. The number of halogens is 1. The second kappa shape index (κ2) is 11.8. The monoisotopic (exact) mass is 453 g/mol. The summed E-state index contributed by atoms with van der Waals surface area (Å²) in [5.74, 6) is 1.47. The van der Waals surface area contributed by atoms with Gasteiger partial charge >= 0.3 is 0 Å². The molecule has 0 radical (unpaired) electrons. The third-order valence-electron chi connectivity index (χ3n) is 4.92. The second-order valence-corrected chi connectivity index (χ2v) is 8.88. The molecular weight excluding hydrogens is 426 g/mol. The summed E-state index contributed by atoms with van der Waals surface area (Å²) in [5, 5.41) is 3.85. The van der Waals surface area contributed by atoms with E-state index < -0.39 is 0 Å². The number of hydrogen-bond donors (Lipinski definition) is 1. The third kappa shape index (κ3) is 7.34. The molecule has 1 atom stereocenters. The van der Waals surface area contributed by atoms with Crippen LogP contribution in [0.3, 0.4) is 0 Å². The van der Waals surface area contributed by atoms with Gasteiger partial charge in [0, 0.05) is 32.8 Å². The van der Waals surface area contributed by atoms with Gasteiger partial charge in [0.05, 0.1) is 6.61 Å². The third-order valence-corrected chi connectivity index (χ3v) is 6.23. The van der Waals surface area contributed by atoms with E-state index in [0.29, 0.717) is 17.9 Å². The Balaban J connectivity index is 1.63. The molecule has 0 aliphatic carbocycles. The molecule has 3 nitrogen and oxygen atoms in total. The Kier molecular flexibility index (Phi) is 8.86. The second-order valence-electron chi connectivity index (χ2n) is 7.40. The van der Waals surface area contributed by atoms with Gasteiger partial charge in [0.15, 0.2) is 0 Å². The molecule has 3 rings (SSSR count). The minimum atomic E-state index is -0.0543. The molecule has 0 heterocycles. The van der Waals surface area contributed by atoms with Crippen molar-refractivity contribution in [1.29, 1.82) is 0 Å². The van der Waals surface area contributed by atoms with Crippen molar-refractivity contribution in [3.8, 4) is 5.75 Å². The van der Waals surface area contributed by atoms with E-state index in [1.54, 1.807) is 11.8 Å². The SMILES string of the molecule is CCOc1ccc(C(=O)NC(C)CCc2ccccc2)cc1CSc1ccc(Cl)cc1. The van der Waals surface area contributed by atoms with Crippen molar-refractivity contribution >= 4 is 29.3 Å². The number of carbonyl (C=O) groups excluding carboxylic acids is 1. The van der Waals surface area contributed by atoms with Gasteiger partial charge in [0.2, 0.25) is 0 Å². The summed E-state index contributed by atoms with van der Waals surface area (Å²) in [6.07, 6.45) is 1.83. The lowest BCUT2D eigenvalue weighted by atomic mass is 10.1. The normalized spacial score (nSPS) is 11.7. The van der Waals surface area contributed by atoms with Gasteiger partial charge in [-0.15, -0.1) is 11.8 Å². The summed E-state index contributed by atoms with van der Waals surface area (Å²) in [7, 11) is 0. The number of amides is 1. The predicted octanol–water partition coefficient (Wildman–Crippen LogP) is 6.78. The van der Waals surface area contributed by atoms with Gasteiger partial charge in [-0.1, -0.05) is 41.9 Å². The zero-order valence-electron chi connectivity index (χ0n) is 17.9. The molecule has 0 spiro atoms. The van der Waals surface area contributed by atoms with E-state index in [4.69, 9.17) is 16.3 Å². The van der Waals surface area contributed by atoms with Gasteiger partial charge in [-0.3, -0.25) is 4.79 Å². The number of carbonyl (C=O) groups is 1. The van der Waals surface area contributed by atoms with Crippen LogP contribution < -0.4 is 10.1 Å². The Morgan fingerprint density at radius 2 is 1.81 bits per heavy atom. The fourth-order valence-electron chi connectivity index (χ4n) is 3.23. The van der Waals surface area contributed by atoms with E-state index in [1.807, 2.05) is 74.5 Å². The molecule has 3 aromatic rings. The molecule has 1 N–H and O–H groups in total. The standard InChI is InChI=1S/C26H28ClNO2S/c1-3-30-25-16-11-21(17-22(25)18-31-24-14-12-23(27)13-15-24)26(29)28-19(2)9-10-20-7-5-4-6-8-20/h4-8,11-17,19H,3,9-10,18H2,1-2H3,(H,28,29). The largest absolute Gasteiger partial charge is 0.494 e. The molecule has 0 aliphatic heterocycles. The minimum Gasteiger partial charge on any atom is -0.494 e. The molecule has 5 heteroatoms. The number of aryl methyl sites for hydroxylation is 1. The van der Waals surface area contributed by atoms with Crippen molar-refractivity contribution in [1.82, 2.24) is 5.32 Å². The first-order valence-electron chi connectivity index (χ1n) is 10.5. The number of hydrogen-bond acceptors (Lipinski definition) is 3. The van der Waals surface area contributed by atoms with Crippen LogP contribution in [0, 0.1) is 0 Å². The first-order chi connectivity index (χ1) is 15.0. The highest BCUT2D eigenvalue weighted by Gasteiger charge is 2.13. The maximum atomic E-state index is 12.8. The lowest BCUT2D eigenvalue weighted by Crippen LogP contribution is -2.33. The van der Waals surface area contributed by atoms with E-state index in [1.165, 1.54) is 5.56 Å². The Labute approximate surface area is 194 Å². The number of rotatable bonds is 10. The fraction of sp³-hybridized carbons (Fsp3) is 0.269. The van der Waals surface area contributed by atoms with Crippen LogP contribution in [0.4, 0.5) is 0 Å². The Hall–Kier alpha value is -2.43. The van der Waals surface area contributed by atoms with Crippen LogP contribution in [0.15, 0.2) is 77.7 Å². The number of benzene rings is 3. The molecule has 1 unspecified atom stereocenters. The predicted molar refractivity (Wildman–Crippen MR) is 130 cm³/mol. The lowest BCUT2D eigenvalue weighted by Gasteiger charge is -2.16. The molecule has 0 bridgehead atoms. The van der Waals surface area contributed by atoms with Crippen LogP contribution in [-0.2, 0) is 12.2 Å². The van der Waals surface area contributed by atoms with Crippen molar-refractivity contribution < 1.29 is 9.53 Å². The molecule has 162 valence electrons. The summed E-state index contributed by atoms with van der Waals surface area (Å²) in [5.41, 5.74) is 2.94. The molecule has 1 amide bonds. The Bertz CT molecular complexity index is 976. The summed E-state index contributed by atoms with van der Waals surface area (Å²) in [6, 6.07) is 23.9. The average Bonchev–Trinajstić information content (AvgIpc) is 2.79.